The average Bonchev–Trinajstić information content (AvgIpc) is 3.57. The number of fused-ring (bicyclic) bond motifs is 3. The monoisotopic (exact) mass is 478 g/mol. The largest absolute Gasteiger partial charge is 0.480 e. The molecule has 2 saturated heterocycles. The molecule has 0 aromatic heterocycles. The molecule has 2 aromatic rings. The van der Waals surface area contributed by atoms with E-state index in [9.17, 15) is 19.5 Å². The Kier molecular flexibility index (Phi) is 6.23. The predicted octanol–water partition coefficient (Wildman–Crippen LogP) is 3.54. The fourth-order valence-electron chi connectivity index (χ4n) is 5.60. The van der Waals surface area contributed by atoms with Gasteiger partial charge < -0.3 is 24.8 Å². The van der Waals surface area contributed by atoms with Crippen molar-refractivity contribution in [1.82, 2.24) is 10.2 Å². The van der Waals surface area contributed by atoms with Crippen LogP contribution in [0.4, 0.5) is 4.79 Å². The van der Waals surface area contributed by atoms with Crippen molar-refractivity contribution in [3.8, 4) is 11.1 Å². The topological polar surface area (TPSA) is 105 Å². The zero-order chi connectivity index (χ0) is 24.6. The minimum absolute atomic E-state index is 0.0121. The Bertz CT molecular complexity index is 1100. The molecule has 0 saturated carbocycles. The van der Waals surface area contributed by atoms with Crippen molar-refractivity contribution in [3.05, 3.63) is 59.7 Å². The van der Waals surface area contributed by atoms with Crippen LogP contribution in [0.3, 0.4) is 0 Å². The molecule has 0 radical (unpaired) electrons. The van der Waals surface area contributed by atoms with E-state index >= 15 is 0 Å². The fourth-order valence-corrected chi connectivity index (χ4v) is 5.60. The van der Waals surface area contributed by atoms with Crippen molar-refractivity contribution in [2.75, 3.05) is 19.7 Å². The van der Waals surface area contributed by atoms with E-state index in [1.807, 2.05) is 24.3 Å². The quantitative estimate of drug-likeness (QED) is 0.658. The van der Waals surface area contributed by atoms with Crippen LogP contribution in [0.25, 0.3) is 11.1 Å². The van der Waals surface area contributed by atoms with Crippen molar-refractivity contribution in [3.63, 3.8) is 0 Å². The van der Waals surface area contributed by atoms with Gasteiger partial charge in [-0.25, -0.2) is 9.59 Å². The van der Waals surface area contributed by atoms with Gasteiger partial charge in [0.2, 0.25) is 0 Å². The van der Waals surface area contributed by atoms with Gasteiger partial charge in [-0.2, -0.15) is 0 Å². The van der Waals surface area contributed by atoms with E-state index in [1.54, 1.807) is 6.92 Å². The number of hydrogen-bond acceptors (Lipinski definition) is 5. The van der Waals surface area contributed by atoms with Crippen molar-refractivity contribution >= 4 is 18.0 Å². The lowest BCUT2D eigenvalue weighted by Crippen LogP contribution is -2.53. The Balaban J connectivity index is 1.12. The van der Waals surface area contributed by atoms with E-state index in [0.29, 0.717) is 32.2 Å². The second-order valence-electron chi connectivity index (χ2n) is 9.70. The predicted molar refractivity (Wildman–Crippen MR) is 128 cm³/mol. The highest BCUT2D eigenvalue weighted by molar-refractivity contribution is 5.89. The Morgan fingerprint density at radius 2 is 1.74 bits per heavy atom. The number of carbonyl (C=O) groups excluding carboxylic acids is 2. The highest BCUT2D eigenvalue weighted by Gasteiger charge is 2.48. The fraction of sp³-hybridized carbons (Fsp3) is 0.444. The van der Waals surface area contributed by atoms with Crippen LogP contribution in [-0.4, -0.2) is 65.4 Å². The van der Waals surface area contributed by atoms with Gasteiger partial charge in [0.1, 0.15) is 18.2 Å². The SMILES string of the molecule is CC1(C(=O)O)CCCN1C(=O)C1CCC(CNC(=O)OCC2c3ccccc3-c3ccccc32)O1. The van der Waals surface area contributed by atoms with E-state index < -0.39 is 23.7 Å². The molecule has 8 nitrogen and oxygen atoms in total. The number of likely N-dealkylation sites (tertiary alicyclic amines) is 1. The molecule has 2 fully saturated rings. The molecule has 2 aliphatic heterocycles. The number of amides is 2. The smallest absolute Gasteiger partial charge is 0.407 e. The van der Waals surface area contributed by atoms with Gasteiger partial charge in [-0.05, 0) is 54.9 Å². The summed E-state index contributed by atoms with van der Waals surface area (Å²) in [7, 11) is 0. The van der Waals surface area contributed by atoms with E-state index in [-0.39, 0.29) is 31.1 Å². The van der Waals surface area contributed by atoms with E-state index in [0.717, 1.165) is 11.1 Å². The normalized spacial score (nSPS) is 25.2. The lowest BCUT2D eigenvalue weighted by molar-refractivity contribution is -0.160. The summed E-state index contributed by atoms with van der Waals surface area (Å²) in [5, 5.41) is 12.3. The van der Waals surface area contributed by atoms with Gasteiger partial charge in [-0.3, -0.25) is 4.79 Å². The lowest BCUT2D eigenvalue weighted by Gasteiger charge is -2.33. The first-order chi connectivity index (χ1) is 16.9. The second-order valence-corrected chi connectivity index (χ2v) is 9.70. The molecular formula is C27H30N2O6. The van der Waals surface area contributed by atoms with Gasteiger partial charge in [0.05, 0.1) is 6.10 Å². The summed E-state index contributed by atoms with van der Waals surface area (Å²) in [5.74, 6) is -1.28. The number of aliphatic carboxylic acids is 1. The summed E-state index contributed by atoms with van der Waals surface area (Å²) >= 11 is 0. The zero-order valence-electron chi connectivity index (χ0n) is 19.7. The Morgan fingerprint density at radius 1 is 1.09 bits per heavy atom. The molecule has 3 unspecified atom stereocenters. The summed E-state index contributed by atoms with van der Waals surface area (Å²) in [6, 6.07) is 16.3. The van der Waals surface area contributed by atoms with Gasteiger partial charge in [-0.1, -0.05) is 48.5 Å². The van der Waals surface area contributed by atoms with Crippen molar-refractivity contribution in [1.29, 1.82) is 0 Å². The summed E-state index contributed by atoms with van der Waals surface area (Å²) < 4.78 is 11.4. The Morgan fingerprint density at radius 3 is 2.40 bits per heavy atom. The van der Waals surface area contributed by atoms with Gasteiger partial charge in [0.25, 0.3) is 5.91 Å². The number of nitrogens with one attached hydrogen (secondary N) is 1. The van der Waals surface area contributed by atoms with Gasteiger partial charge in [0.15, 0.2) is 0 Å². The first-order valence-electron chi connectivity index (χ1n) is 12.2. The molecule has 2 heterocycles. The van der Waals surface area contributed by atoms with E-state index in [2.05, 4.69) is 29.6 Å². The molecule has 184 valence electrons. The molecule has 3 aliphatic rings. The third-order valence-electron chi connectivity index (χ3n) is 7.57. The van der Waals surface area contributed by atoms with Gasteiger partial charge in [0, 0.05) is 19.0 Å². The molecule has 1 aliphatic carbocycles. The minimum atomic E-state index is -1.18. The van der Waals surface area contributed by atoms with Crippen LogP contribution in [0.2, 0.25) is 0 Å². The number of rotatable bonds is 6. The first kappa shape index (κ1) is 23.4. The molecule has 5 rings (SSSR count). The van der Waals surface area contributed by atoms with Gasteiger partial charge in [-0.15, -0.1) is 0 Å². The molecule has 3 atom stereocenters. The summed E-state index contributed by atoms with van der Waals surface area (Å²) in [4.78, 5) is 38.5. The van der Waals surface area contributed by atoms with Gasteiger partial charge >= 0.3 is 12.1 Å². The number of benzene rings is 2. The van der Waals surface area contributed by atoms with Crippen molar-refractivity contribution in [2.24, 2.45) is 0 Å². The second kappa shape index (κ2) is 9.34. The summed E-state index contributed by atoms with van der Waals surface area (Å²) in [6.45, 7) is 2.47. The molecule has 2 amide bonds. The maximum atomic E-state index is 12.9. The number of hydrogen-bond donors (Lipinski definition) is 2. The van der Waals surface area contributed by atoms with Crippen LogP contribution >= 0.6 is 0 Å². The highest BCUT2D eigenvalue weighted by atomic mass is 16.6. The molecule has 0 bridgehead atoms. The average molecular weight is 479 g/mol. The third-order valence-corrected chi connectivity index (χ3v) is 7.57. The van der Waals surface area contributed by atoms with Crippen LogP contribution < -0.4 is 5.32 Å². The molecular weight excluding hydrogens is 448 g/mol. The van der Waals surface area contributed by atoms with E-state index in [1.165, 1.54) is 16.0 Å². The van der Waals surface area contributed by atoms with Crippen LogP contribution in [0.5, 0.6) is 0 Å². The number of carboxylic acids is 1. The van der Waals surface area contributed by atoms with Crippen LogP contribution in [0.15, 0.2) is 48.5 Å². The molecule has 0 spiro atoms. The van der Waals surface area contributed by atoms with Crippen LogP contribution in [0, 0.1) is 0 Å². The molecule has 2 aromatic carbocycles. The lowest BCUT2D eigenvalue weighted by atomic mass is 9.98. The minimum Gasteiger partial charge on any atom is -0.480 e. The zero-order valence-corrected chi connectivity index (χ0v) is 19.7. The Hall–Kier alpha value is -3.39. The summed E-state index contributed by atoms with van der Waals surface area (Å²) in [5.41, 5.74) is 3.46. The maximum absolute atomic E-state index is 12.9. The Labute approximate surface area is 204 Å². The van der Waals surface area contributed by atoms with Crippen molar-refractivity contribution in [2.45, 2.75) is 56.3 Å². The number of alkyl carbamates (subject to hydrolysis) is 1. The van der Waals surface area contributed by atoms with Crippen molar-refractivity contribution < 1.29 is 29.0 Å². The maximum Gasteiger partial charge on any atom is 0.407 e. The summed E-state index contributed by atoms with van der Waals surface area (Å²) in [6.07, 6.45) is 0.689. The van der Waals surface area contributed by atoms with E-state index in [4.69, 9.17) is 9.47 Å². The number of carboxylic acid groups (broad SMARTS) is 1. The number of ether oxygens (including phenoxy) is 2. The molecule has 8 heteroatoms. The number of nitrogens with zero attached hydrogens (tertiary/aromatic N) is 1. The standard InChI is InChI=1S/C27H30N2O6/c1-27(25(31)32)13-6-14-29(27)24(30)23-12-11-17(35-23)15-28-26(33)34-16-22-20-9-4-2-7-18(20)19-8-3-5-10-21(19)22/h2-5,7-10,17,22-23H,6,11-16H2,1H3,(H,28,33)(H,31,32). The van der Waals surface area contributed by atoms with Crippen LogP contribution in [-0.2, 0) is 19.1 Å². The first-order valence-corrected chi connectivity index (χ1v) is 12.2. The van der Waals surface area contributed by atoms with Crippen LogP contribution in [0.1, 0.15) is 49.7 Å². The highest BCUT2D eigenvalue weighted by Crippen LogP contribution is 2.44. The number of carbonyl (C=O) groups is 3. The third kappa shape index (κ3) is 4.27. The molecule has 35 heavy (non-hydrogen) atoms. The molecule has 2 N–H and O–H groups in total.